The zero-order chi connectivity index (χ0) is 14.7. The van der Waals surface area contributed by atoms with Gasteiger partial charge in [-0.15, -0.1) is 0 Å². The highest BCUT2D eigenvalue weighted by molar-refractivity contribution is 9.10. The molecule has 4 heteroatoms. The number of rotatable bonds is 6. The van der Waals surface area contributed by atoms with E-state index in [1.54, 1.807) is 6.07 Å². The van der Waals surface area contributed by atoms with Crippen LogP contribution in [0.5, 0.6) is 5.75 Å². The number of hydrogen-bond donors (Lipinski definition) is 1. The van der Waals surface area contributed by atoms with Gasteiger partial charge in [0.2, 0.25) is 0 Å². The summed E-state index contributed by atoms with van der Waals surface area (Å²) in [6.07, 6.45) is 2.58. The fraction of sp³-hybridized carbons (Fsp3) is 0.294. The molecule has 0 amide bonds. The van der Waals surface area contributed by atoms with Crippen molar-refractivity contribution < 1.29 is 9.13 Å². The molecule has 1 aliphatic rings. The first-order chi connectivity index (χ1) is 10.2. The predicted octanol–water partition coefficient (Wildman–Crippen LogP) is 4.42. The minimum atomic E-state index is -0.296. The van der Waals surface area contributed by atoms with Crippen molar-refractivity contribution in [3.8, 4) is 5.75 Å². The third-order valence-corrected chi connectivity index (χ3v) is 4.11. The Labute approximate surface area is 132 Å². The van der Waals surface area contributed by atoms with E-state index in [4.69, 9.17) is 4.74 Å². The lowest BCUT2D eigenvalue weighted by molar-refractivity contribution is 0.302. The Balaban J connectivity index is 1.61. The third-order valence-electron chi connectivity index (χ3n) is 3.45. The molecule has 1 fully saturated rings. The predicted molar refractivity (Wildman–Crippen MR) is 84.7 cm³/mol. The molecule has 0 bridgehead atoms. The van der Waals surface area contributed by atoms with Crippen LogP contribution in [0.2, 0.25) is 0 Å². The van der Waals surface area contributed by atoms with Gasteiger partial charge in [0.1, 0.15) is 18.2 Å². The number of halogens is 2. The van der Waals surface area contributed by atoms with Gasteiger partial charge < -0.3 is 10.1 Å². The van der Waals surface area contributed by atoms with Gasteiger partial charge in [0.25, 0.3) is 0 Å². The van der Waals surface area contributed by atoms with E-state index >= 15 is 0 Å². The first-order valence-electron chi connectivity index (χ1n) is 7.10. The van der Waals surface area contributed by atoms with Crippen LogP contribution in [0, 0.1) is 5.82 Å². The Hall–Kier alpha value is -1.39. The van der Waals surface area contributed by atoms with Crippen LogP contribution in [0.15, 0.2) is 46.9 Å². The largest absolute Gasteiger partial charge is 0.488 e. The number of benzene rings is 2. The molecule has 110 valence electrons. The quantitative estimate of drug-likeness (QED) is 0.833. The molecule has 0 spiro atoms. The first-order valence-corrected chi connectivity index (χ1v) is 7.89. The van der Waals surface area contributed by atoms with E-state index in [1.807, 2.05) is 12.1 Å². The fourth-order valence-electron chi connectivity index (χ4n) is 2.13. The lowest BCUT2D eigenvalue weighted by Gasteiger charge is -2.10. The van der Waals surface area contributed by atoms with Crippen LogP contribution < -0.4 is 10.1 Å². The van der Waals surface area contributed by atoms with Crippen LogP contribution in [-0.4, -0.2) is 6.04 Å². The molecule has 2 aromatic carbocycles. The Morgan fingerprint density at radius 1 is 1.14 bits per heavy atom. The summed E-state index contributed by atoms with van der Waals surface area (Å²) in [5.74, 6) is 0.229. The smallest absolute Gasteiger partial charge is 0.136 e. The summed E-state index contributed by atoms with van der Waals surface area (Å²) in [4.78, 5) is 0. The van der Waals surface area contributed by atoms with Gasteiger partial charge in [0, 0.05) is 18.7 Å². The molecule has 0 heterocycles. The second-order valence-corrected chi connectivity index (χ2v) is 6.19. The molecule has 0 saturated heterocycles. The summed E-state index contributed by atoms with van der Waals surface area (Å²) in [7, 11) is 0. The van der Waals surface area contributed by atoms with Crippen molar-refractivity contribution in [1.29, 1.82) is 0 Å². The van der Waals surface area contributed by atoms with Gasteiger partial charge in [-0.3, -0.25) is 0 Å². The molecule has 0 aromatic heterocycles. The highest BCUT2D eigenvalue weighted by Crippen LogP contribution is 2.26. The van der Waals surface area contributed by atoms with Gasteiger partial charge >= 0.3 is 0 Å². The van der Waals surface area contributed by atoms with E-state index in [1.165, 1.54) is 30.5 Å². The molecule has 1 saturated carbocycles. The summed E-state index contributed by atoms with van der Waals surface area (Å²) < 4.78 is 19.7. The second kappa shape index (κ2) is 6.58. The topological polar surface area (TPSA) is 21.3 Å². The molecule has 1 aliphatic carbocycles. The molecular formula is C17H17BrFNO. The molecule has 0 aliphatic heterocycles. The maximum absolute atomic E-state index is 13.2. The number of hydrogen-bond acceptors (Lipinski definition) is 2. The van der Waals surface area contributed by atoms with Gasteiger partial charge in [-0.1, -0.05) is 24.3 Å². The van der Waals surface area contributed by atoms with Gasteiger partial charge in [-0.05, 0) is 52.0 Å². The summed E-state index contributed by atoms with van der Waals surface area (Å²) in [5.41, 5.74) is 2.34. The normalized spacial score (nSPS) is 14.2. The van der Waals surface area contributed by atoms with Crippen LogP contribution in [0.25, 0.3) is 0 Å². The van der Waals surface area contributed by atoms with Crippen molar-refractivity contribution in [3.63, 3.8) is 0 Å². The minimum Gasteiger partial charge on any atom is -0.488 e. The SMILES string of the molecule is Fc1ccc(Br)c(OCc2cccc(CNC3CC3)c2)c1. The van der Waals surface area contributed by atoms with Gasteiger partial charge in [-0.25, -0.2) is 4.39 Å². The second-order valence-electron chi connectivity index (χ2n) is 5.34. The summed E-state index contributed by atoms with van der Waals surface area (Å²) in [6, 6.07) is 13.4. The average Bonchev–Trinajstić information content (AvgIpc) is 3.31. The fourth-order valence-corrected chi connectivity index (χ4v) is 2.49. The van der Waals surface area contributed by atoms with Gasteiger partial charge in [0.15, 0.2) is 0 Å². The number of nitrogens with one attached hydrogen (secondary N) is 1. The molecule has 1 N–H and O–H groups in total. The first kappa shape index (κ1) is 14.5. The van der Waals surface area contributed by atoms with Gasteiger partial charge in [-0.2, -0.15) is 0 Å². The van der Waals surface area contributed by atoms with E-state index in [2.05, 4.69) is 33.4 Å². The van der Waals surface area contributed by atoms with Crippen molar-refractivity contribution >= 4 is 15.9 Å². The Morgan fingerprint density at radius 3 is 2.76 bits per heavy atom. The highest BCUT2D eigenvalue weighted by atomic mass is 79.9. The monoisotopic (exact) mass is 349 g/mol. The lowest BCUT2D eigenvalue weighted by Crippen LogP contribution is -2.15. The van der Waals surface area contributed by atoms with E-state index in [0.29, 0.717) is 18.4 Å². The van der Waals surface area contributed by atoms with Crippen LogP contribution in [0.3, 0.4) is 0 Å². The Bertz CT molecular complexity index is 628. The maximum Gasteiger partial charge on any atom is 0.136 e. The average molecular weight is 350 g/mol. The zero-order valence-corrected chi connectivity index (χ0v) is 13.2. The van der Waals surface area contributed by atoms with Crippen LogP contribution >= 0.6 is 15.9 Å². The lowest BCUT2D eigenvalue weighted by atomic mass is 10.1. The molecule has 0 radical (unpaired) electrons. The summed E-state index contributed by atoms with van der Waals surface area (Å²) in [6.45, 7) is 1.32. The zero-order valence-electron chi connectivity index (χ0n) is 11.6. The molecule has 2 nitrogen and oxygen atoms in total. The van der Waals surface area contributed by atoms with Crippen LogP contribution in [-0.2, 0) is 13.2 Å². The van der Waals surface area contributed by atoms with Crippen molar-refractivity contribution in [1.82, 2.24) is 5.32 Å². The molecule has 2 aromatic rings. The minimum absolute atomic E-state index is 0.296. The van der Waals surface area contributed by atoms with Crippen LogP contribution in [0.1, 0.15) is 24.0 Å². The molecule has 3 rings (SSSR count). The Kier molecular flexibility index (Phi) is 4.56. The van der Waals surface area contributed by atoms with Crippen LogP contribution in [0.4, 0.5) is 4.39 Å². The Morgan fingerprint density at radius 2 is 1.95 bits per heavy atom. The van der Waals surface area contributed by atoms with Crippen molar-refractivity contribution in [2.24, 2.45) is 0 Å². The number of ether oxygens (including phenoxy) is 1. The van der Waals surface area contributed by atoms with Crippen molar-refractivity contribution in [2.75, 3.05) is 0 Å². The highest BCUT2D eigenvalue weighted by Gasteiger charge is 2.19. The summed E-state index contributed by atoms with van der Waals surface area (Å²) >= 11 is 3.36. The van der Waals surface area contributed by atoms with Gasteiger partial charge in [0.05, 0.1) is 4.47 Å². The van der Waals surface area contributed by atoms with Crippen molar-refractivity contribution in [2.45, 2.75) is 32.0 Å². The third kappa shape index (κ3) is 4.29. The molecule has 0 unspecified atom stereocenters. The molecule has 21 heavy (non-hydrogen) atoms. The molecular weight excluding hydrogens is 333 g/mol. The molecule has 0 atom stereocenters. The van der Waals surface area contributed by atoms with Crippen molar-refractivity contribution in [3.05, 3.63) is 63.9 Å². The van der Waals surface area contributed by atoms with E-state index in [0.717, 1.165) is 16.6 Å². The van der Waals surface area contributed by atoms with E-state index in [9.17, 15) is 4.39 Å². The van der Waals surface area contributed by atoms with E-state index in [-0.39, 0.29) is 5.82 Å². The summed E-state index contributed by atoms with van der Waals surface area (Å²) in [5, 5.41) is 3.49. The van der Waals surface area contributed by atoms with E-state index < -0.39 is 0 Å². The standard InChI is InChI=1S/C17H17BrFNO/c18-16-7-4-14(19)9-17(16)21-11-13-3-1-2-12(8-13)10-20-15-5-6-15/h1-4,7-9,15,20H,5-6,10-11H2. The maximum atomic E-state index is 13.2.